The summed E-state index contributed by atoms with van der Waals surface area (Å²) in [5.41, 5.74) is 0.826. The molecule has 0 aliphatic carbocycles. The molecule has 1 aliphatic rings. The average molecular weight is 224 g/mol. The van der Waals surface area contributed by atoms with Crippen LogP contribution in [0, 0.1) is 0 Å². The van der Waals surface area contributed by atoms with Gasteiger partial charge >= 0.3 is 0 Å². The van der Waals surface area contributed by atoms with Crippen LogP contribution in [0.1, 0.15) is 31.7 Å². The summed E-state index contributed by atoms with van der Waals surface area (Å²) in [7, 11) is 0. The van der Waals surface area contributed by atoms with E-state index in [0.717, 1.165) is 23.6 Å². The molecule has 0 fully saturated rings. The van der Waals surface area contributed by atoms with E-state index in [2.05, 4.69) is 22.2 Å². The smallest absolute Gasteiger partial charge is 0.255 e. The Kier molecular flexibility index (Phi) is 2.77. The highest BCUT2D eigenvalue weighted by Crippen LogP contribution is 2.24. The maximum Gasteiger partial charge on any atom is 0.255 e. The molecule has 0 spiro atoms. The zero-order chi connectivity index (χ0) is 10.8. The third-order valence-electron chi connectivity index (χ3n) is 2.02. The van der Waals surface area contributed by atoms with Gasteiger partial charge in [-0.25, -0.2) is 0 Å². The van der Waals surface area contributed by atoms with E-state index in [1.165, 1.54) is 16.3 Å². The fourth-order valence-electron chi connectivity index (χ4n) is 1.35. The zero-order valence-corrected chi connectivity index (χ0v) is 9.54. The van der Waals surface area contributed by atoms with Crippen LogP contribution in [0.15, 0.2) is 5.10 Å². The van der Waals surface area contributed by atoms with Crippen molar-refractivity contribution in [3.05, 3.63) is 5.01 Å². The highest BCUT2D eigenvalue weighted by Gasteiger charge is 2.25. The summed E-state index contributed by atoms with van der Waals surface area (Å²) in [6.45, 7) is 3.93. The molecule has 80 valence electrons. The lowest BCUT2D eigenvalue weighted by molar-refractivity contribution is -0.116. The van der Waals surface area contributed by atoms with Crippen LogP contribution in [-0.4, -0.2) is 21.8 Å². The highest BCUT2D eigenvalue weighted by molar-refractivity contribution is 7.15. The molecular weight excluding hydrogens is 212 g/mol. The van der Waals surface area contributed by atoms with E-state index in [1.54, 1.807) is 0 Å². The van der Waals surface area contributed by atoms with E-state index in [4.69, 9.17) is 0 Å². The lowest BCUT2D eigenvalue weighted by Crippen LogP contribution is -2.19. The normalized spacial score (nSPS) is 16.0. The third-order valence-corrected chi connectivity index (χ3v) is 2.97. The first-order chi connectivity index (χ1) is 7.20. The number of rotatable bonds is 3. The minimum Gasteiger partial charge on any atom is -0.272 e. The summed E-state index contributed by atoms with van der Waals surface area (Å²) < 4.78 is 0. The maximum absolute atomic E-state index is 11.5. The van der Waals surface area contributed by atoms with Crippen LogP contribution in [0.25, 0.3) is 0 Å². The van der Waals surface area contributed by atoms with Gasteiger partial charge in [0.2, 0.25) is 5.13 Å². The Bertz CT molecular complexity index is 412. The first kappa shape index (κ1) is 10.2. The summed E-state index contributed by atoms with van der Waals surface area (Å²) in [6, 6.07) is 0. The van der Waals surface area contributed by atoms with E-state index >= 15 is 0 Å². The summed E-state index contributed by atoms with van der Waals surface area (Å²) in [5.74, 6) is -0.0216. The van der Waals surface area contributed by atoms with Crippen molar-refractivity contribution in [1.82, 2.24) is 10.2 Å². The summed E-state index contributed by atoms with van der Waals surface area (Å²) in [5, 5.41) is 15.0. The van der Waals surface area contributed by atoms with Crippen molar-refractivity contribution < 1.29 is 4.79 Å². The topological polar surface area (TPSA) is 58.5 Å². The van der Waals surface area contributed by atoms with Gasteiger partial charge in [-0.3, -0.25) is 4.79 Å². The molecule has 0 unspecified atom stereocenters. The first-order valence-corrected chi connectivity index (χ1v) is 5.71. The molecule has 2 heterocycles. The molecule has 1 aromatic heterocycles. The van der Waals surface area contributed by atoms with Crippen LogP contribution in [0.4, 0.5) is 5.13 Å². The molecule has 6 heteroatoms. The molecule has 5 nitrogen and oxygen atoms in total. The third kappa shape index (κ3) is 2.04. The van der Waals surface area contributed by atoms with E-state index in [0.29, 0.717) is 11.6 Å². The molecule has 0 saturated heterocycles. The Morgan fingerprint density at radius 3 is 2.87 bits per heavy atom. The van der Waals surface area contributed by atoms with Crippen molar-refractivity contribution in [3.8, 4) is 0 Å². The number of aromatic nitrogens is 2. The number of hydrogen-bond donors (Lipinski definition) is 0. The minimum atomic E-state index is -0.0216. The lowest BCUT2D eigenvalue weighted by Gasteiger charge is -2.04. The second kappa shape index (κ2) is 4.06. The monoisotopic (exact) mass is 224 g/mol. The molecule has 1 amide bonds. The number of carbonyl (C=O) groups excluding carboxylic acids is 1. The molecule has 1 aliphatic heterocycles. The van der Waals surface area contributed by atoms with Gasteiger partial charge in [0.1, 0.15) is 5.01 Å². The molecule has 15 heavy (non-hydrogen) atoms. The van der Waals surface area contributed by atoms with E-state index in [1.807, 2.05) is 6.92 Å². The number of aryl methyl sites for hydroxylation is 1. The molecular formula is C9H12N4OS. The van der Waals surface area contributed by atoms with Crippen molar-refractivity contribution in [1.29, 1.82) is 0 Å². The Morgan fingerprint density at radius 2 is 2.27 bits per heavy atom. The van der Waals surface area contributed by atoms with Crippen LogP contribution < -0.4 is 5.01 Å². The van der Waals surface area contributed by atoms with Gasteiger partial charge in [0.05, 0.1) is 6.42 Å². The van der Waals surface area contributed by atoms with Gasteiger partial charge in [-0.15, -0.1) is 10.2 Å². The predicted octanol–water partition coefficient (Wildman–Crippen LogP) is 1.60. The first-order valence-electron chi connectivity index (χ1n) is 4.90. The lowest BCUT2D eigenvalue weighted by atomic mass is 10.3. The van der Waals surface area contributed by atoms with Gasteiger partial charge in [0, 0.05) is 12.1 Å². The van der Waals surface area contributed by atoms with Crippen LogP contribution in [0.5, 0.6) is 0 Å². The van der Waals surface area contributed by atoms with Crippen molar-refractivity contribution in [2.24, 2.45) is 5.10 Å². The minimum absolute atomic E-state index is 0.0216. The van der Waals surface area contributed by atoms with Gasteiger partial charge in [0.15, 0.2) is 0 Å². The fraction of sp³-hybridized carbons (Fsp3) is 0.556. The Hall–Kier alpha value is -1.30. The molecule has 1 aromatic rings. The Balaban J connectivity index is 2.19. The predicted molar refractivity (Wildman–Crippen MR) is 59.1 cm³/mol. The van der Waals surface area contributed by atoms with Gasteiger partial charge in [-0.05, 0) is 13.3 Å². The van der Waals surface area contributed by atoms with Crippen molar-refractivity contribution in [3.63, 3.8) is 0 Å². The molecule has 0 radical (unpaired) electrons. The van der Waals surface area contributed by atoms with Crippen LogP contribution in [-0.2, 0) is 11.2 Å². The number of hydrogen-bond acceptors (Lipinski definition) is 5. The highest BCUT2D eigenvalue weighted by atomic mass is 32.1. The summed E-state index contributed by atoms with van der Waals surface area (Å²) >= 11 is 1.44. The van der Waals surface area contributed by atoms with E-state index in [9.17, 15) is 4.79 Å². The molecule has 0 aromatic carbocycles. The van der Waals surface area contributed by atoms with Crippen LogP contribution >= 0.6 is 11.3 Å². The SMILES string of the molecule is CCCc1nnc(N2N=C(C)CC2=O)s1. The number of amides is 1. The second-order valence-corrected chi connectivity index (χ2v) is 4.49. The summed E-state index contributed by atoms with van der Waals surface area (Å²) in [4.78, 5) is 11.5. The van der Waals surface area contributed by atoms with Crippen molar-refractivity contribution in [2.75, 3.05) is 5.01 Å². The zero-order valence-electron chi connectivity index (χ0n) is 8.73. The molecule has 0 bridgehead atoms. The number of anilines is 1. The summed E-state index contributed by atoms with van der Waals surface area (Å²) in [6.07, 6.45) is 2.33. The quantitative estimate of drug-likeness (QED) is 0.783. The van der Waals surface area contributed by atoms with Gasteiger partial charge < -0.3 is 0 Å². The van der Waals surface area contributed by atoms with Gasteiger partial charge in [0.25, 0.3) is 5.91 Å². The largest absolute Gasteiger partial charge is 0.272 e. The number of hydrazone groups is 1. The second-order valence-electron chi connectivity index (χ2n) is 3.45. The number of nitrogens with zero attached hydrogens (tertiary/aromatic N) is 4. The molecule has 0 atom stereocenters. The van der Waals surface area contributed by atoms with E-state index < -0.39 is 0 Å². The average Bonchev–Trinajstić information content (AvgIpc) is 2.73. The van der Waals surface area contributed by atoms with Gasteiger partial charge in [-0.1, -0.05) is 18.3 Å². The van der Waals surface area contributed by atoms with Crippen LogP contribution in [0.2, 0.25) is 0 Å². The molecule has 2 rings (SSSR count). The fourth-order valence-corrected chi connectivity index (χ4v) is 2.26. The van der Waals surface area contributed by atoms with E-state index in [-0.39, 0.29) is 5.91 Å². The maximum atomic E-state index is 11.5. The Morgan fingerprint density at radius 1 is 1.47 bits per heavy atom. The standard InChI is InChI=1S/C9H12N4OS/c1-3-4-7-10-11-9(15-7)13-8(14)5-6(2)12-13/h3-5H2,1-2H3. The Labute approximate surface area is 91.8 Å². The molecule has 0 saturated carbocycles. The van der Waals surface area contributed by atoms with Crippen molar-refractivity contribution in [2.45, 2.75) is 33.1 Å². The molecule has 0 N–H and O–H groups in total. The van der Waals surface area contributed by atoms with Crippen LogP contribution in [0.3, 0.4) is 0 Å². The van der Waals surface area contributed by atoms with Crippen molar-refractivity contribution >= 4 is 28.1 Å². The van der Waals surface area contributed by atoms with Gasteiger partial charge in [-0.2, -0.15) is 10.1 Å². The number of carbonyl (C=O) groups is 1.